The van der Waals surface area contributed by atoms with E-state index >= 15 is 0 Å². The minimum Gasteiger partial charge on any atom is -0.299 e. The molecular formula is C15H24O2. The molecule has 0 aromatic heterocycles. The van der Waals surface area contributed by atoms with E-state index in [9.17, 15) is 9.59 Å². The molecule has 17 heavy (non-hydrogen) atoms. The fourth-order valence-electron chi connectivity index (χ4n) is 3.27. The van der Waals surface area contributed by atoms with E-state index in [0.717, 1.165) is 19.3 Å². The standard InChI is InChI=1S/C15H24O2/c1-10-5-6-13(17)15(4)8-11(15)7-14(2,3)9-12(10)16/h10-11H,5-9H2,1-4H3/t10-,11+,15-/m0/s1. The molecule has 0 aliphatic heterocycles. The largest absolute Gasteiger partial charge is 0.299 e. The van der Waals surface area contributed by atoms with Crippen molar-refractivity contribution in [2.45, 2.75) is 59.8 Å². The van der Waals surface area contributed by atoms with Crippen LogP contribution in [0.15, 0.2) is 0 Å². The average Bonchev–Trinajstić information content (AvgIpc) is 2.83. The Morgan fingerprint density at radius 2 is 1.76 bits per heavy atom. The van der Waals surface area contributed by atoms with E-state index in [-0.39, 0.29) is 16.7 Å². The van der Waals surface area contributed by atoms with Gasteiger partial charge in [-0.25, -0.2) is 0 Å². The number of carbonyl (C=O) groups excluding carboxylic acids is 2. The predicted molar refractivity (Wildman–Crippen MR) is 67.6 cm³/mol. The average molecular weight is 236 g/mol. The Bertz CT molecular complexity index is 356. The highest BCUT2D eigenvalue weighted by atomic mass is 16.1. The molecule has 2 rings (SSSR count). The summed E-state index contributed by atoms with van der Waals surface area (Å²) in [5, 5.41) is 0. The molecule has 0 radical (unpaired) electrons. The summed E-state index contributed by atoms with van der Waals surface area (Å²) in [5.41, 5.74) is 0.00275. The molecule has 96 valence electrons. The third-order valence-electron chi connectivity index (χ3n) is 4.85. The van der Waals surface area contributed by atoms with Crippen LogP contribution in [0.4, 0.5) is 0 Å². The van der Waals surface area contributed by atoms with Gasteiger partial charge in [0.05, 0.1) is 0 Å². The number of hydrogen-bond acceptors (Lipinski definition) is 2. The topological polar surface area (TPSA) is 34.1 Å². The van der Waals surface area contributed by atoms with Gasteiger partial charge in [-0.3, -0.25) is 9.59 Å². The van der Waals surface area contributed by atoms with Gasteiger partial charge in [0.25, 0.3) is 0 Å². The van der Waals surface area contributed by atoms with Gasteiger partial charge in [-0.05, 0) is 30.6 Å². The molecule has 0 aromatic carbocycles. The van der Waals surface area contributed by atoms with E-state index in [4.69, 9.17) is 0 Å². The molecule has 0 heterocycles. The van der Waals surface area contributed by atoms with Gasteiger partial charge in [-0.2, -0.15) is 0 Å². The van der Waals surface area contributed by atoms with Gasteiger partial charge in [0.15, 0.2) is 0 Å². The maximum Gasteiger partial charge on any atom is 0.139 e. The Labute approximate surface area is 104 Å². The number of Topliss-reactive ketones (excluding diaryl/α,β-unsaturated/α-hetero) is 2. The lowest BCUT2D eigenvalue weighted by molar-refractivity contribution is -0.127. The van der Waals surface area contributed by atoms with Crippen LogP contribution < -0.4 is 0 Å². The van der Waals surface area contributed by atoms with Gasteiger partial charge in [-0.1, -0.05) is 27.7 Å². The molecule has 2 aliphatic carbocycles. The Kier molecular flexibility index (Phi) is 2.95. The van der Waals surface area contributed by atoms with Gasteiger partial charge in [0.1, 0.15) is 11.6 Å². The summed E-state index contributed by atoms with van der Waals surface area (Å²) in [4.78, 5) is 24.2. The lowest BCUT2D eigenvalue weighted by Crippen LogP contribution is -2.27. The van der Waals surface area contributed by atoms with Crippen molar-refractivity contribution < 1.29 is 9.59 Å². The molecule has 0 unspecified atom stereocenters. The minimum atomic E-state index is -0.0582. The maximum atomic E-state index is 12.1. The van der Waals surface area contributed by atoms with Crippen LogP contribution in [0.2, 0.25) is 0 Å². The molecule has 2 nitrogen and oxygen atoms in total. The first-order valence-corrected chi connectivity index (χ1v) is 6.81. The monoisotopic (exact) mass is 236 g/mol. The number of hydrogen-bond donors (Lipinski definition) is 0. The summed E-state index contributed by atoms with van der Waals surface area (Å²) in [7, 11) is 0. The van der Waals surface area contributed by atoms with E-state index in [1.54, 1.807) is 0 Å². The minimum absolute atomic E-state index is 0.0529. The van der Waals surface area contributed by atoms with Gasteiger partial charge in [0.2, 0.25) is 0 Å². The maximum absolute atomic E-state index is 12.1. The number of rotatable bonds is 0. The number of ketones is 2. The second-order valence-electron chi connectivity index (χ2n) is 7.19. The zero-order valence-corrected chi connectivity index (χ0v) is 11.5. The normalized spacial score (nSPS) is 41.9. The third-order valence-corrected chi connectivity index (χ3v) is 4.85. The lowest BCUT2D eigenvalue weighted by Gasteiger charge is -2.28. The SMILES string of the molecule is C[C@H]1CCC(=O)[C@@]2(C)C[C@H]2CC(C)(C)CC1=O. The van der Waals surface area contributed by atoms with Crippen LogP contribution in [0.3, 0.4) is 0 Å². The van der Waals surface area contributed by atoms with E-state index in [1.165, 1.54) is 0 Å². The fraction of sp³-hybridized carbons (Fsp3) is 0.867. The highest BCUT2D eigenvalue weighted by Crippen LogP contribution is 2.59. The molecule has 0 bridgehead atoms. The van der Waals surface area contributed by atoms with Gasteiger partial charge in [0, 0.05) is 24.2 Å². The van der Waals surface area contributed by atoms with Crippen molar-refractivity contribution >= 4 is 11.6 Å². The Hall–Kier alpha value is -0.660. The van der Waals surface area contributed by atoms with Crippen LogP contribution in [0, 0.1) is 22.7 Å². The van der Waals surface area contributed by atoms with Crippen LogP contribution >= 0.6 is 0 Å². The Balaban J connectivity index is 2.17. The molecule has 2 saturated carbocycles. The van der Waals surface area contributed by atoms with E-state index < -0.39 is 0 Å². The summed E-state index contributed by atoms with van der Waals surface area (Å²) in [6.45, 7) is 8.43. The van der Waals surface area contributed by atoms with Crippen LogP contribution in [-0.4, -0.2) is 11.6 Å². The molecule has 2 fully saturated rings. The number of fused-ring (bicyclic) bond motifs is 1. The fourth-order valence-corrected chi connectivity index (χ4v) is 3.27. The first kappa shape index (κ1) is 12.8. The molecule has 2 heteroatoms. The predicted octanol–water partition coefficient (Wildman–Crippen LogP) is 3.39. The van der Waals surface area contributed by atoms with Gasteiger partial charge < -0.3 is 0 Å². The smallest absolute Gasteiger partial charge is 0.139 e. The zero-order valence-electron chi connectivity index (χ0n) is 11.5. The van der Waals surface area contributed by atoms with Gasteiger partial charge >= 0.3 is 0 Å². The number of carbonyl (C=O) groups is 2. The summed E-state index contributed by atoms with van der Waals surface area (Å²) in [5.74, 6) is 1.30. The molecule has 0 spiro atoms. The third kappa shape index (κ3) is 2.46. The highest BCUT2D eigenvalue weighted by Gasteiger charge is 2.56. The molecule has 3 atom stereocenters. The van der Waals surface area contributed by atoms with Crippen molar-refractivity contribution in [1.82, 2.24) is 0 Å². The summed E-state index contributed by atoms with van der Waals surface area (Å²) in [6.07, 6.45) is 4.08. The molecular weight excluding hydrogens is 212 g/mol. The van der Waals surface area contributed by atoms with Crippen molar-refractivity contribution in [2.75, 3.05) is 0 Å². The van der Waals surface area contributed by atoms with Crippen molar-refractivity contribution in [1.29, 1.82) is 0 Å². The van der Waals surface area contributed by atoms with Crippen molar-refractivity contribution in [3.8, 4) is 0 Å². The summed E-state index contributed by atoms with van der Waals surface area (Å²) >= 11 is 0. The van der Waals surface area contributed by atoms with Crippen molar-refractivity contribution in [3.05, 3.63) is 0 Å². The molecule has 0 amide bonds. The second-order valence-corrected chi connectivity index (χ2v) is 7.19. The van der Waals surface area contributed by atoms with Crippen molar-refractivity contribution in [2.24, 2.45) is 22.7 Å². The molecule has 0 saturated heterocycles. The van der Waals surface area contributed by atoms with E-state index in [2.05, 4.69) is 20.8 Å². The van der Waals surface area contributed by atoms with Gasteiger partial charge in [-0.15, -0.1) is 0 Å². The van der Waals surface area contributed by atoms with Crippen LogP contribution in [-0.2, 0) is 9.59 Å². The molecule has 0 aromatic rings. The summed E-state index contributed by atoms with van der Waals surface area (Å²) in [6, 6.07) is 0. The van der Waals surface area contributed by atoms with Crippen LogP contribution in [0.1, 0.15) is 59.8 Å². The van der Waals surface area contributed by atoms with Crippen molar-refractivity contribution in [3.63, 3.8) is 0 Å². The highest BCUT2D eigenvalue weighted by molar-refractivity contribution is 5.89. The zero-order chi connectivity index (χ0) is 12.8. The Morgan fingerprint density at radius 3 is 2.41 bits per heavy atom. The first-order valence-electron chi connectivity index (χ1n) is 6.81. The van der Waals surface area contributed by atoms with E-state index in [0.29, 0.717) is 30.3 Å². The van der Waals surface area contributed by atoms with Crippen LogP contribution in [0.25, 0.3) is 0 Å². The van der Waals surface area contributed by atoms with Crippen LogP contribution in [0.5, 0.6) is 0 Å². The lowest BCUT2D eigenvalue weighted by atomic mass is 9.76. The second kappa shape index (κ2) is 3.93. The molecule has 2 aliphatic rings. The molecule has 0 N–H and O–H groups in total. The Morgan fingerprint density at radius 1 is 1.12 bits per heavy atom. The quantitative estimate of drug-likeness (QED) is 0.646. The first-order chi connectivity index (χ1) is 7.74. The van der Waals surface area contributed by atoms with E-state index in [1.807, 2.05) is 6.92 Å². The summed E-state index contributed by atoms with van der Waals surface area (Å²) < 4.78 is 0.